The van der Waals surface area contributed by atoms with Crippen LogP contribution in [0.25, 0.3) is 5.69 Å². The number of ether oxygens (including phenoxy) is 1. The van der Waals surface area contributed by atoms with Crippen LogP contribution in [-0.4, -0.2) is 29.3 Å². The zero-order valence-electron chi connectivity index (χ0n) is 14.4. The number of amides is 1. The second-order valence-corrected chi connectivity index (χ2v) is 5.78. The Kier molecular flexibility index (Phi) is 5.14. The first-order valence-electron chi connectivity index (χ1n) is 8.20. The fourth-order valence-corrected chi connectivity index (χ4v) is 2.64. The van der Waals surface area contributed by atoms with Crippen molar-refractivity contribution in [2.24, 2.45) is 0 Å². The van der Waals surface area contributed by atoms with Crippen LogP contribution in [0.1, 0.15) is 21.7 Å². The van der Waals surface area contributed by atoms with E-state index in [2.05, 4.69) is 10.4 Å². The summed E-state index contributed by atoms with van der Waals surface area (Å²) in [4.78, 5) is 12.3. The second-order valence-electron chi connectivity index (χ2n) is 5.78. The van der Waals surface area contributed by atoms with Crippen LogP contribution >= 0.6 is 0 Å². The van der Waals surface area contributed by atoms with Gasteiger partial charge in [-0.3, -0.25) is 4.79 Å². The van der Waals surface area contributed by atoms with Gasteiger partial charge in [0, 0.05) is 18.3 Å². The summed E-state index contributed by atoms with van der Waals surface area (Å²) in [5.74, 6) is 0.585. The topological polar surface area (TPSA) is 56.2 Å². The Morgan fingerprint density at radius 2 is 1.92 bits per heavy atom. The number of carbonyl (C=O) groups excluding carboxylic acids is 1. The maximum atomic E-state index is 12.3. The summed E-state index contributed by atoms with van der Waals surface area (Å²) < 4.78 is 6.99. The molecule has 3 aromatic rings. The zero-order chi connectivity index (χ0) is 17.6. The Balaban J connectivity index is 1.67. The van der Waals surface area contributed by atoms with E-state index in [0.29, 0.717) is 12.2 Å². The van der Waals surface area contributed by atoms with Gasteiger partial charge in [-0.2, -0.15) is 5.10 Å². The first-order chi connectivity index (χ1) is 12.2. The van der Waals surface area contributed by atoms with Gasteiger partial charge in [-0.15, -0.1) is 0 Å². The number of rotatable bonds is 6. The molecule has 0 aliphatic heterocycles. The van der Waals surface area contributed by atoms with Gasteiger partial charge in [-0.05, 0) is 37.1 Å². The lowest BCUT2D eigenvalue weighted by atomic mass is 10.1. The number of hydrogen-bond donors (Lipinski definition) is 1. The van der Waals surface area contributed by atoms with Crippen molar-refractivity contribution in [3.05, 3.63) is 77.6 Å². The van der Waals surface area contributed by atoms with Crippen molar-refractivity contribution < 1.29 is 9.53 Å². The lowest BCUT2D eigenvalue weighted by Crippen LogP contribution is -2.26. The van der Waals surface area contributed by atoms with E-state index in [0.717, 1.165) is 23.6 Å². The fourth-order valence-electron chi connectivity index (χ4n) is 2.64. The molecular formula is C20H21N3O2. The third-order valence-electron chi connectivity index (χ3n) is 3.96. The molecule has 25 heavy (non-hydrogen) atoms. The van der Waals surface area contributed by atoms with Gasteiger partial charge in [-0.25, -0.2) is 4.68 Å². The SMILES string of the molecule is COc1cccc(-n2nc(C(=O)NCCc3ccccc3)cc2C)c1. The highest BCUT2D eigenvalue weighted by molar-refractivity contribution is 5.92. The Hall–Kier alpha value is -3.08. The molecule has 5 nitrogen and oxygen atoms in total. The molecule has 128 valence electrons. The van der Waals surface area contributed by atoms with E-state index in [1.165, 1.54) is 5.56 Å². The Bertz CT molecular complexity index is 856. The molecule has 1 amide bonds. The standard InChI is InChI=1S/C20H21N3O2/c1-15-13-19(20(24)21-12-11-16-7-4-3-5-8-16)22-23(15)17-9-6-10-18(14-17)25-2/h3-10,13-14H,11-12H2,1-2H3,(H,21,24). The van der Waals surface area contributed by atoms with Crippen LogP contribution in [-0.2, 0) is 6.42 Å². The predicted molar refractivity (Wildman–Crippen MR) is 97.3 cm³/mol. The summed E-state index contributed by atoms with van der Waals surface area (Å²) in [5, 5.41) is 7.35. The number of aryl methyl sites for hydroxylation is 1. The van der Waals surface area contributed by atoms with Crippen LogP contribution in [0, 0.1) is 6.92 Å². The summed E-state index contributed by atoms with van der Waals surface area (Å²) in [6.45, 7) is 2.50. The van der Waals surface area contributed by atoms with Gasteiger partial charge in [-0.1, -0.05) is 36.4 Å². The molecule has 0 fully saturated rings. The lowest BCUT2D eigenvalue weighted by molar-refractivity contribution is 0.0948. The van der Waals surface area contributed by atoms with Gasteiger partial charge in [0.05, 0.1) is 12.8 Å². The molecule has 0 saturated carbocycles. The highest BCUT2D eigenvalue weighted by atomic mass is 16.5. The molecule has 0 aliphatic rings. The van der Waals surface area contributed by atoms with Crippen molar-refractivity contribution in [1.82, 2.24) is 15.1 Å². The van der Waals surface area contributed by atoms with E-state index in [1.54, 1.807) is 17.9 Å². The molecule has 0 aliphatic carbocycles. The summed E-state index contributed by atoms with van der Waals surface area (Å²) in [7, 11) is 1.63. The monoisotopic (exact) mass is 335 g/mol. The van der Waals surface area contributed by atoms with Gasteiger partial charge in [0.15, 0.2) is 5.69 Å². The van der Waals surface area contributed by atoms with E-state index in [1.807, 2.05) is 61.5 Å². The molecule has 2 aromatic carbocycles. The normalized spacial score (nSPS) is 10.5. The lowest BCUT2D eigenvalue weighted by Gasteiger charge is -2.06. The molecule has 0 spiro atoms. The fraction of sp³-hybridized carbons (Fsp3) is 0.200. The van der Waals surface area contributed by atoms with Gasteiger partial charge >= 0.3 is 0 Å². The highest BCUT2D eigenvalue weighted by Gasteiger charge is 2.13. The van der Waals surface area contributed by atoms with E-state index >= 15 is 0 Å². The Labute approximate surface area is 147 Å². The minimum atomic E-state index is -0.166. The van der Waals surface area contributed by atoms with E-state index in [4.69, 9.17) is 4.74 Å². The van der Waals surface area contributed by atoms with Crippen molar-refractivity contribution in [1.29, 1.82) is 0 Å². The number of nitrogens with zero attached hydrogens (tertiary/aromatic N) is 2. The molecule has 0 saturated heterocycles. The Morgan fingerprint density at radius 3 is 2.68 bits per heavy atom. The van der Waals surface area contributed by atoms with Gasteiger partial charge < -0.3 is 10.1 Å². The quantitative estimate of drug-likeness (QED) is 0.753. The first kappa shape index (κ1) is 16.8. The van der Waals surface area contributed by atoms with Crippen molar-refractivity contribution in [2.75, 3.05) is 13.7 Å². The number of nitrogens with one attached hydrogen (secondary N) is 1. The second kappa shape index (κ2) is 7.66. The van der Waals surface area contributed by atoms with Crippen LogP contribution in [0.15, 0.2) is 60.7 Å². The summed E-state index contributed by atoms with van der Waals surface area (Å²) in [6.07, 6.45) is 0.794. The van der Waals surface area contributed by atoms with Crippen LogP contribution in [0.5, 0.6) is 5.75 Å². The number of hydrogen-bond acceptors (Lipinski definition) is 3. The molecule has 5 heteroatoms. The molecule has 0 atom stereocenters. The third kappa shape index (κ3) is 4.07. The van der Waals surface area contributed by atoms with Crippen LogP contribution < -0.4 is 10.1 Å². The predicted octanol–water partition coefficient (Wildman–Crippen LogP) is 3.16. The van der Waals surface area contributed by atoms with E-state index in [9.17, 15) is 4.79 Å². The van der Waals surface area contributed by atoms with Crippen molar-refractivity contribution in [3.8, 4) is 11.4 Å². The van der Waals surface area contributed by atoms with Crippen LogP contribution in [0.4, 0.5) is 0 Å². The summed E-state index contributed by atoms with van der Waals surface area (Å²) in [6, 6.07) is 19.5. The van der Waals surface area contributed by atoms with Crippen LogP contribution in [0.2, 0.25) is 0 Å². The largest absolute Gasteiger partial charge is 0.497 e. The number of carbonyl (C=O) groups is 1. The molecular weight excluding hydrogens is 314 g/mol. The van der Waals surface area contributed by atoms with Crippen LogP contribution in [0.3, 0.4) is 0 Å². The number of aromatic nitrogens is 2. The summed E-state index contributed by atoms with van der Waals surface area (Å²) >= 11 is 0. The number of methoxy groups -OCH3 is 1. The average Bonchev–Trinajstić information content (AvgIpc) is 3.04. The number of benzene rings is 2. The smallest absolute Gasteiger partial charge is 0.271 e. The molecule has 1 aromatic heterocycles. The van der Waals surface area contributed by atoms with Gasteiger partial charge in [0.1, 0.15) is 5.75 Å². The highest BCUT2D eigenvalue weighted by Crippen LogP contribution is 2.18. The first-order valence-corrected chi connectivity index (χ1v) is 8.20. The van der Waals surface area contributed by atoms with E-state index < -0.39 is 0 Å². The third-order valence-corrected chi connectivity index (χ3v) is 3.96. The van der Waals surface area contributed by atoms with E-state index in [-0.39, 0.29) is 5.91 Å². The molecule has 0 bridgehead atoms. The maximum Gasteiger partial charge on any atom is 0.271 e. The molecule has 1 N–H and O–H groups in total. The molecule has 3 rings (SSSR count). The molecule has 1 heterocycles. The average molecular weight is 335 g/mol. The van der Waals surface area contributed by atoms with Gasteiger partial charge in [0.25, 0.3) is 5.91 Å². The molecule has 0 radical (unpaired) electrons. The van der Waals surface area contributed by atoms with Crippen molar-refractivity contribution >= 4 is 5.91 Å². The Morgan fingerprint density at radius 1 is 1.12 bits per heavy atom. The van der Waals surface area contributed by atoms with Crippen molar-refractivity contribution in [3.63, 3.8) is 0 Å². The maximum absolute atomic E-state index is 12.3. The van der Waals surface area contributed by atoms with Gasteiger partial charge in [0.2, 0.25) is 0 Å². The minimum Gasteiger partial charge on any atom is -0.497 e. The molecule has 0 unspecified atom stereocenters. The summed E-state index contributed by atoms with van der Waals surface area (Å²) in [5.41, 5.74) is 3.36. The van der Waals surface area contributed by atoms with Crippen molar-refractivity contribution in [2.45, 2.75) is 13.3 Å². The zero-order valence-corrected chi connectivity index (χ0v) is 14.4. The minimum absolute atomic E-state index is 0.166.